The van der Waals surface area contributed by atoms with Crippen LogP contribution in [-0.2, 0) is 74.3 Å². The summed E-state index contributed by atoms with van der Waals surface area (Å²) in [5, 5.41) is 25.8. The zero-order chi connectivity index (χ0) is 53.1. The molecule has 19 nitrogen and oxygen atoms in total. The lowest BCUT2D eigenvalue weighted by molar-refractivity contribution is -0.266. The van der Waals surface area contributed by atoms with Crippen LogP contribution in [0.15, 0.2) is 17.8 Å². The Morgan fingerprint density at radius 1 is 0.833 bits per heavy atom. The highest BCUT2D eigenvalue weighted by Gasteiger charge is 2.69. The smallest absolute Gasteiger partial charge is 0.361 e. The van der Waals surface area contributed by atoms with Crippen molar-refractivity contribution in [1.29, 1.82) is 0 Å². The summed E-state index contributed by atoms with van der Waals surface area (Å²) in [6, 6.07) is -1.37. The van der Waals surface area contributed by atoms with Crippen molar-refractivity contribution in [2.45, 2.75) is 203 Å². The van der Waals surface area contributed by atoms with E-state index in [0.29, 0.717) is 18.3 Å². The number of esters is 5. The number of ether oxygens (including phenoxy) is 6. The van der Waals surface area contributed by atoms with Gasteiger partial charge in [-0.15, -0.1) is 5.10 Å². The SMILES string of the molecule is COC(=O)[C@@]1(n2cc(CNC(=O)[C@]34CCC(C)(C)C[C@@H]3C3=CC[C@@H]5[C@@]6(C)CC[C@H](O)C(C)(C)[C@@H]6CC[C@@]5(C)[C@]3(C)CC4)nn2)C[C@H](OC(C)=O)[C@@H](NC(C)=O)[C@H]([C@H](OC(C)=O)[C@@H](COC(C)=O)OC(C)=O)O1. The molecule has 0 spiro atoms. The van der Waals surface area contributed by atoms with Crippen LogP contribution in [0.2, 0.25) is 0 Å². The highest BCUT2D eigenvalue weighted by molar-refractivity contribution is 5.84. The number of nitrogens with one attached hydrogen (secondary N) is 2. The maximum atomic E-state index is 15.2. The van der Waals surface area contributed by atoms with Crippen molar-refractivity contribution < 1.29 is 67.1 Å². The molecule has 5 fully saturated rings. The van der Waals surface area contributed by atoms with Gasteiger partial charge in [-0.1, -0.05) is 65.3 Å². The molecule has 0 unspecified atom stereocenters. The fourth-order valence-corrected chi connectivity index (χ4v) is 15.2. The maximum absolute atomic E-state index is 15.2. The van der Waals surface area contributed by atoms with Gasteiger partial charge in [0, 0.05) is 41.0 Å². The minimum absolute atomic E-state index is 0.00959. The van der Waals surface area contributed by atoms with Crippen LogP contribution in [0.5, 0.6) is 0 Å². The summed E-state index contributed by atoms with van der Waals surface area (Å²) in [5.41, 5.74) is -1.55. The van der Waals surface area contributed by atoms with Crippen LogP contribution in [0, 0.1) is 50.2 Å². The van der Waals surface area contributed by atoms with Crippen molar-refractivity contribution in [3.05, 3.63) is 23.5 Å². The normalized spacial score (nSPS) is 37.2. The van der Waals surface area contributed by atoms with E-state index in [-0.39, 0.29) is 57.2 Å². The van der Waals surface area contributed by atoms with E-state index in [1.165, 1.54) is 18.7 Å². The molecule has 2 heterocycles. The molecule has 2 amide bonds. The lowest BCUT2D eigenvalue weighted by atomic mass is 9.33. The van der Waals surface area contributed by atoms with Gasteiger partial charge in [0.1, 0.15) is 24.5 Å². The molecular weight excluding hydrogens is 931 g/mol. The van der Waals surface area contributed by atoms with E-state index in [1.807, 2.05) is 0 Å². The number of aromatic nitrogens is 3. The maximum Gasteiger partial charge on any atom is 0.361 e. The van der Waals surface area contributed by atoms with E-state index in [0.717, 1.165) is 97.3 Å². The van der Waals surface area contributed by atoms with Crippen molar-refractivity contribution in [3.63, 3.8) is 0 Å². The first-order valence-electron chi connectivity index (χ1n) is 25.8. The van der Waals surface area contributed by atoms with Crippen LogP contribution in [0.1, 0.15) is 159 Å². The van der Waals surface area contributed by atoms with Crippen molar-refractivity contribution in [1.82, 2.24) is 25.6 Å². The number of aliphatic hydroxyl groups is 1. The molecule has 400 valence electrons. The molecule has 4 saturated carbocycles. The summed E-state index contributed by atoms with van der Waals surface area (Å²) < 4.78 is 35.1. The van der Waals surface area contributed by atoms with Gasteiger partial charge in [-0.3, -0.25) is 28.8 Å². The second-order valence-corrected chi connectivity index (χ2v) is 24.0. The Hall–Kier alpha value is -4.91. The van der Waals surface area contributed by atoms with Gasteiger partial charge in [0.05, 0.1) is 37.4 Å². The number of hydrogen-bond acceptors (Lipinski definition) is 16. The Morgan fingerprint density at radius 3 is 2.14 bits per heavy atom. The van der Waals surface area contributed by atoms with Gasteiger partial charge in [0.15, 0.2) is 12.2 Å². The molecule has 7 rings (SSSR count). The topological polar surface area (TPSA) is 250 Å². The molecule has 6 aliphatic rings. The largest absolute Gasteiger partial charge is 0.465 e. The molecular formula is C53H79N5O14. The summed E-state index contributed by atoms with van der Waals surface area (Å²) in [7, 11) is 1.10. The second kappa shape index (κ2) is 19.7. The molecule has 0 bridgehead atoms. The molecule has 3 N–H and O–H groups in total. The monoisotopic (exact) mass is 1010 g/mol. The number of rotatable bonds is 13. The van der Waals surface area contributed by atoms with Crippen molar-refractivity contribution in [2.24, 2.45) is 50.2 Å². The van der Waals surface area contributed by atoms with E-state index in [2.05, 4.69) is 75.5 Å². The van der Waals surface area contributed by atoms with Gasteiger partial charge in [-0.25, -0.2) is 9.48 Å². The molecule has 72 heavy (non-hydrogen) atoms. The number of methoxy groups -OCH3 is 1. The molecule has 1 aromatic heterocycles. The lowest BCUT2D eigenvalue weighted by Gasteiger charge is -2.71. The van der Waals surface area contributed by atoms with Gasteiger partial charge >= 0.3 is 29.8 Å². The van der Waals surface area contributed by atoms with Crippen LogP contribution in [0.25, 0.3) is 0 Å². The number of aliphatic hydroxyl groups excluding tert-OH is 1. The third-order valence-corrected chi connectivity index (χ3v) is 18.9. The summed E-state index contributed by atoms with van der Waals surface area (Å²) in [6.07, 6.45) is 5.70. The summed E-state index contributed by atoms with van der Waals surface area (Å²) in [6.45, 7) is 21.5. The first-order chi connectivity index (χ1) is 33.5. The van der Waals surface area contributed by atoms with E-state index in [1.54, 1.807) is 0 Å². The predicted molar refractivity (Wildman–Crippen MR) is 257 cm³/mol. The Balaban J connectivity index is 1.21. The second-order valence-electron chi connectivity index (χ2n) is 24.0. The fraction of sp³-hybridized carbons (Fsp3) is 0.792. The third kappa shape index (κ3) is 9.58. The number of allylic oxidation sites excluding steroid dienone is 2. The highest BCUT2D eigenvalue weighted by atomic mass is 16.6. The van der Waals surface area contributed by atoms with Crippen molar-refractivity contribution in [3.8, 4) is 0 Å². The van der Waals surface area contributed by atoms with Crippen LogP contribution in [-0.4, -0.2) is 112 Å². The number of carbonyl (C=O) groups excluding carboxylic acids is 7. The third-order valence-electron chi connectivity index (χ3n) is 18.9. The Bertz CT molecular complexity index is 2350. The summed E-state index contributed by atoms with van der Waals surface area (Å²) >= 11 is 0. The average molecular weight is 1010 g/mol. The number of nitrogens with zero attached hydrogens (tertiary/aromatic N) is 3. The van der Waals surface area contributed by atoms with E-state index >= 15 is 4.79 Å². The Labute approximate surface area is 423 Å². The molecule has 1 aromatic rings. The summed E-state index contributed by atoms with van der Waals surface area (Å²) in [5.74, 6) is -4.22. The zero-order valence-corrected chi connectivity index (χ0v) is 44.6. The van der Waals surface area contributed by atoms with Gasteiger partial charge in [0.25, 0.3) is 5.72 Å². The molecule has 19 heteroatoms. The average Bonchev–Trinajstić information content (AvgIpc) is 3.77. The number of hydrogen-bond donors (Lipinski definition) is 3. The van der Waals surface area contributed by atoms with Crippen LogP contribution in [0.3, 0.4) is 0 Å². The van der Waals surface area contributed by atoms with E-state index in [4.69, 9.17) is 28.4 Å². The predicted octanol–water partition coefficient (Wildman–Crippen LogP) is 5.53. The van der Waals surface area contributed by atoms with Gasteiger partial charge in [-0.05, 0) is 109 Å². The van der Waals surface area contributed by atoms with Gasteiger partial charge < -0.3 is 44.2 Å². The zero-order valence-electron chi connectivity index (χ0n) is 44.6. The first-order valence-corrected chi connectivity index (χ1v) is 25.8. The lowest BCUT2D eigenvalue weighted by Crippen LogP contribution is -2.69. The Morgan fingerprint density at radius 2 is 1.51 bits per heavy atom. The molecule has 1 aliphatic heterocycles. The minimum atomic E-state index is -2.35. The fourth-order valence-electron chi connectivity index (χ4n) is 15.2. The molecule has 14 atom stereocenters. The molecule has 0 aromatic carbocycles. The molecule has 0 radical (unpaired) electrons. The quantitative estimate of drug-likeness (QED) is 0.125. The number of amides is 2. The van der Waals surface area contributed by atoms with Crippen molar-refractivity contribution in [2.75, 3.05) is 13.7 Å². The van der Waals surface area contributed by atoms with Crippen LogP contribution in [0.4, 0.5) is 0 Å². The van der Waals surface area contributed by atoms with Gasteiger partial charge in [-0.2, -0.15) is 0 Å². The summed E-state index contributed by atoms with van der Waals surface area (Å²) in [4.78, 5) is 92.2. The standard InChI is InChI=1S/C53H79N5O14/c1-29(59)55-42-37(69-31(3)61)25-53(46(66)67-13,72-44(42)43(71-33(5)63)38(70-32(4)62)28-68-30(2)60)58-27-34(56-57-58)26-54-45(65)52-22-20-47(6,7)24-36(52)35-14-15-40-49(10)18-17-41(64)48(8,9)39(49)16-19-51(40,12)50(35,11)21-23-52/h14,27,36-44,64H,15-26,28H2,1-13H3,(H,54,65)(H,55,59)/t36-,37+,38-,39+,40-,41+,42-,43-,44-,49+,50-,51-,52+,53-/m1/s1. The molecule has 1 saturated heterocycles. The minimum Gasteiger partial charge on any atom is -0.465 e. The highest BCUT2D eigenvalue weighted by Crippen LogP contribution is 2.75. The van der Waals surface area contributed by atoms with E-state index in [9.17, 15) is 33.9 Å². The first kappa shape index (κ1) is 54.9. The number of carbonyl (C=O) groups is 7. The van der Waals surface area contributed by atoms with Crippen molar-refractivity contribution >= 4 is 41.7 Å². The van der Waals surface area contributed by atoms with Crippen LogP contribution < -0.4 is 10.6 Å². The molecule has 5 aliphatic carbocycles. The Kier molecular flexibility index (Phi) is 15.0. The number of fused-ring (bicyclic) bond motifs is 7. The van der Waals surface area contributed by atoms with E-state index < -0.39 is 90.4 Å². The van der Waals surface area contributed by atoms with Crippen LogP contribution >= 0.6 is 0 Å². The van der Waals surface area contributed by atoms with Gasteiger partial charge in [0.2, 0.25) is 11.8 Å².